The molecule has 0 bridgehead atoms. The van der Waals surface area contributed by atoms with E-state index < -0.39 is 0 Å². The van der Waals surface area contributed by atoms with Gasteiger partial charge in [0.1, 0.15) is 0 Å². The quantitative estimate of drug-likeness (QED) is 0.652. The molecule has 1 rings (SSSR count). The van der Waals surface area contributed by atoms with Crippen LogP contribution in [0, 0.1) is 5.92 Å². The molecule has 1 atom stereocenters. The summed E-state index contributed by atoms with van der Waals surface area (Å²) in [4.78, 5) is 2.55. The van der Waals surface area contributed by atoms with Gasteiger partial charge in [-0.05, 0) is 56.9 Å². The van der Waals surface area contributed by atoms with Crippen molar-refractivity contribution < 1.29 is 0 Å². The molecule has 1 fully saturated rings. The number of hydrogen-bond acceptors (Lipinski definition) is 3. The minimum atomic E-state index is 0.907. The molecular weight excluding hydrogens is 192 g/mol. The molecule has 1 saturated heterocycles. The lowest BCUT2D eigenvalue weighted by atomic mass is 10.1. The Morgan fingerprint density at radius 2 is 2.36 bits per heavy atom. The molecule has 0 radical (unpaired) electrons. The fourth-order valence-electron chi connectivity index (χ4n) is 2.01. The highest BCUT2D eigenvalue weighted by atomic mass is 32.2. The molecule has 1 unspecified atom stereocenters. The Balaban J connectivity index is 1.92. The van der Waals surface area contributed by atoms with Crippen molar-refractivity contribution >= 4 is 11.8 Å². The Labute approximate surface area is 92.8 Å². The first kappa shape index (κ1) is 12.3. The van der Waals surface area contributed by atoms with Crippen LogP contribution >= 0.6 is 11.8 Å². The van der Waals surface area contributed by atoms with E-state index in [1.165, 1.54) is 51.3 Å². The van der Waals surface area contributed by atoms with Crippen molar-refractivity contribution in [2.24, 2.45) is 5.92 Å². The molecule has 1 N–H and O–H groups in total. The van der Waals surface area contributed by atoms with Gasteiger partial charge in [0.25, 0.3) is 0 Å². The fourth-order valence-corrected chi connectivity index (χ4v) is 2.45. The van der Waals surface area contributed by atoms with Crippen LogP contribution in [0.4, 0.5) is 0 Å². The van der Waals surface area contributed by atoms with E-state index in [0.29, 0.717) is 0 Å². The normalized spacial score (nSPS) is 23.1. The first-order valence-electron chi connectivity index (χ1n) is 5.78. The molecule has 0 saturated carbocycles. The van der Waals surface area contributed by atoms with E-state index in [0.717, 1.165) is 5.92 Å². The number of thioether (sulfide) groups is 1. The molecule has 0 amide bonds. The van der Waals surface area contributed by atoms with Crippen LogP contribution in [-0.4, -0.2) is 49.6 Å². The summed E-state index contributed by atoms with van der Waals surface area (Å²) in [6.07, 6.45) is 4.88. The summed E-state index contributed by atoms with van der Waals surface area (Å²) in [5, 5.41) is 3.57. The second-order valence-electron chi connectivity index (χ2n) is 4.10. The maximum absolute atomic E-state index is 3.57. The van der Waals surface area contributed by atoms with Gasteiger partial charge in [-0.15, -0.1) is 0 Å². The third-order valence-corrected chi connectivity index (χ3v) is 3.65. The van der Waals surface area contributed by atoms with Gasteiger partial charge in [0.2, 0.25) is 0 Å². The third kappa shape index (κ3) is 4.67. The summed E-state index contributed by atoms with van der Waals surface area (Å²) in [6, 6.07) is 0. The third-order valence-electron chi connectivity index (χ3n) is 2.95. The zero-order chi connectivity index (χ0) is 10.2. The predicted molar refractivity (Wildman–Crippen MR) is 66.1 cm³/mol. The largest absolute Gasteiger partial charge is 0.316 e. The van der Waals surface area contributed by atoms with Crippen LogP contribution in [0.2, 0.25) is 0 Å². The Morgan fingerprint density at radius 1 is 1.50 bits per heavy atom. The van der Waals surface area contributed by atoms with Gasteiger partial charge >= 0.3 is 0 Å². The summed E-state index contributed by atoms with van der Waals surface area (Å²) >= 11 is 1.94. The summed E-state index contributed by atoms with van der Waals surface area (Å²) in [6.45, 7) is 8.53. The molecule has 3 heteroatoms. The number of nitrogens with zero attached hydrogens (tertiary/aromatic N) is 1. The van der Waals surface area contributed by atoms with Gasteiger partial charge in [-0.25, -0.2) is 0 Å². The first-order chi connectivity index (χ1) is 6.86. The Morgan fingerprint density at radius 3 is 3.00 bits per heavy atom. The molecular formula is C11H24N2S. The maximum atomic E-state index is 3.57. The zero-order valence-electron chi connectivity index (χ0n) is 9.59. The van der Waals surface area contributed by atoms with Gasteiger partial charge in [0.15, 0.2) is 0 Å². The molecule has 14 heavy (non-hydrogen) atoms. The van der Waals surface area contributed by atoms with Crippen LogP contribution < -0.4 is 5.32 Å². The summed E-state index contributed by atoms with van der Waals surface area (Å²) in [5.74, 6) is 2.20. The van der Waals surface area contributed by atoms with Crippen molar-refractivity contribution in [3.05, 3.63) is 0 Å². The lowest BCUT2D eigenvalue weighted by Gasteiger charge is -2.13. The second kappa shape index (κ2) is 7.55. The lowest BCUT2D eigenvalue weighted by molar-refractivity contribution is 0.339. The zero-order valence-corrected chi connectivity index (χ0v) is 10.4. The number of rotatable bonds is 7. The predicted octanol–water partition coefficient (Wildman–Crippen LogP) is 1.67. The summed E-state index contributed by atoms with van der Waals surface area (Å²) < 4.78 is 0. The highest BCUT2D eigenvalue weighted by Gasteiger charge is 2.19. The highest BCUT2D eigenvalue weighted by Crippen LogP contribution is 2.14. The molecule has 0 spiro atoms. The van der Waals surface area contributed by atoms with Crippen molar-refractivity contribution in [2.45, 2.75) is 19.8 Å². The molecule has 1 heterocycles. The molecule has 2 nitrogen and oxygen atoms in total. The highest BCUT2D eigenvalue weighted by molar-refractivity contribution is 7.98. The SMILES string of the molecule is CCN1CCC(CNCCCSC)C1. The molecule has 0 aliphatic carbocycles. The standard InChI is InChI=1S/C11H24N2S/c1-3-13-7-5-11(10-13)9-12-6-4-8-14-2/h11-12H,3-10H2,1-2H3. The molecule has 0 aromatic rings. The topological polar surface area (TPSA) is 15.3 Å². The van der Waals surface area contributed by atoms with Crippen molar-refractivity contribution in [3.63, 3.8) is 0 Å². The lowest BCUT2D eigenvalue weighted by Crippen LogP contribution is -2.27. The Kier molecular flexibility index (Phi) is 6.65. The number of likely N-dealkylation sites (tertiary alicyclic amines) is 1. The van der Waals surface area contributed by atoms with Crippen LogP contribution in [0.5, 0.6) is 0 Å². The van der Waals surface area contributed by atoms with Gasteiger partial charge in [0.05, 0.1) is 0 Å². The van der Waals surface area contributed by atoms with Gasteiger partial charge in [0, 0.05) is 6.54 Å². The van der Waals surface area contributed by atoms with Gasteiger partial charge in [-0.1, -0.05) is 6.92 Å². The van der Waals surface area contributed by atoms with E-state index in [2.05, 4.69) is 23.4 Å². The van der Waals surface area contributed by atoms with Crippen LogP contribution in [0.25, 0.3) is 0 Å². The number of nitrogens with one attached hydrogen (secondary N) is 1. The van der Waals surface area contributed by atoms with Crippen molar-refractivity contribution in [1.82, 2.24) is 10.2 Å². The van der Waals surface area contributed by atoms with E-state index in [9.17, 15) is 0 Å². The van der Waals surface area contributed by atoms with E-state index in [-0.39, 0.29) is 0 Å². The minimum absolute atomic E-state index is 0.907. The van der Waals surface area contributed by atoms with Crippen molar-refractivity contribution in [2.75, 3.05) is 44.7 Å². The molecule has 1 aliphatic rings. The van der Waals surface area contributed by atoms with Crippen LogP contribution in [0.3, 0.4) is 0 Å². The molecule has 1 aliphatic heterocycles. The Bertz CT molecular complexity index is 141. The second-order valence-corrected chi connectivity index (χ2v) is 5.08. The van der Waals surface area contributed by atoms with E-state index in [4.69, 9.17) is 0 Å². The summed E-state index contributed by atoms with van der Waals surface area (Å²) in [7, 11) is 0. The number of hydrogen-bond donors (Lipinski definition) is 1. The van der Waals surface area contributed by atoms with Gasteiger partial charge in [-0.2, -0.15) is 11.8 Å². The van der Waals surface area contributed by atoms with Crippen molar-refractivity contribution in [1.29, 1.82) is 0 Å². The summed E-state index contributed by atoms with van der Waals surface area (Å²) in [5.41, 5.74) is 0. The van der Waals surface area contributed by atoms with E-state index >= 15 is 0 Å². The van der Waals surface area contributed by atoms with E-state index in [1.54, 1.807) is 0 Å². The van der Waals surface area contributed by atoms with Crippen molar-refractivity contribution in [3.8, 4) is 0 Å². The van der Waals surface area contributed by atoms with Crippen LogP contribution in [-0.2, 0) is 0 Å². The van der Waals surface area contributed by atoms with Crippen LogP contribution in [0.15, 0.2) is 0 Å². The van der Waals surface area contributed by atoms with Gasteiger partial charge in [-0.3, -0.25) is 0 Å². The van der Waals surface area contributed by atoms with Gasteiger partial charge < -0.3 is 10.2 Å². The molecule has 84 valence electrons. The van der Waals surface area contributed by atoms with E-state index in [1.807, 2.05) is 11.8 Å². The Hall–Kier alpha value is 0.270. The molecule has 0 aromatic carbocycles. The average Bonchev–Trinajstić information content (AvgIpc) is 2.65. The first-order valence-corrected chi connectivity index (χ1v) is 7.18. The minimum Gasteiger partial charge on any atom is -0.316 e. The molecule has 0 aromatic heterocycles. The maximum Gasteiger partial charge on any atom is 0.00222 e. The smallest absolute Gasteiger partial charge is 0.00222 e. The monoisotopic (exact) mass is 216 g/mol. The fraction of sp³-hybridized carbons (Fsp3) is 1.00. The average molecular weight is 216 g/mol. The van der Waals surface area contributed by atoms with Crippen LogP contribution in [0.1, 0.15) is 19.8 Å².